The fourth-order valence-electron chi connectivity index (χ4n) is 2.89. The van der Waals surface area contributed by atoms with Gasteiger partial charge in [0.05, 0.1) is 11.1 Å². The van der Waals surface area contributed by atoms with Crippen LogP contribution in [0.15, 0.2) is 57.8 Å². The zero-order chi connectivity index (χ0) is 14.4. The average molecular weight is 316 g/mol. The molecule has 4 rings (SSSR count). The molecule has 2 nitrogen and oxygen atoms in total. The summed E-state index contributed by atoms with van der Waals surface area (Å²) in [5, 5.41) is 1.64. The Morgan fingerprint density at radius 2 is 2.05 bits per heavy atom. The molecule has 1 aromatic heterocycles. The molecule has 21 heavy (non-hydrogen) atoms. The maximum Gasteiger partial charge on any atom is 0.152 e. The van der Waals surface area contributed by atoms with Crippen LogP contribution in [0.5, 0.6) is 0 Å². The minimum absolute atomic E-state index is 0.149. The zero-order valence-corrected chi connectivity index (χ0v) is 12.8. The number of para-hydroxylation sites is 1. The highest BCUT2D eigenvalue weighted by molar-refractivity contribution is 7.99. The summed E-state index contributed by atoms with van der Waals surface area (Å²) in [4.78, 5) is 1.33. The van der Waals surface area contributed by atoms with Gasteiger partial charge in [0.1, 0.15) is 5.76 Å². The van der Waals surface area contributed by atoms with Crippen molar-refractivity contribution in [1.29, 1.82) is 0 Å². The van der Waals surface area contributed by atoms with Gasteiger partial charge in [-0.25, -0.2) is 0 Å². The highest BCUT2D eigenvalue weighted by Crippen LogP contribution is 2.45. The van der Waals surface area contributed by atoms with Gasteiger partial charge in [0.2, 0.25) is 0 Å². The number of hydrogen-bond donors (Lipinski definition) is 1. The van der Waals surface area contributed by atoms with Gasteiger partial charge in [-0.15, -0.1) is 11.8 Å². The summed E-state index contributed by atoms with van der Waals surface area (Å²) in [6, 6.07) is 16.1. The molecule has 0 radical (unpaired) electrons. The fraction of sp³-hybridized carbons (Fsp3) is 0.176. The molecule has 0 amide bonds. The Labute approximate surface area is 132 Å². The van der Waals surface area contributed by atoms with Gasteiger partial charge in [-0.3, -0.25) is 0 Å². The third-order valence-electron chi connectivity index (χ3n) is 4.01. The smallest absolute Gasteiger partial charge is 0.152 e. The number of fused-ring (bicyclic) bond motifs is 2. The molecule has 4 heteroatoms. The number of halogens is 1. The molecule has 106 valence electrons. The minimum atomic E-state index is -0.149. The Kier molecular flexibility index (Phi) is 3.21. The van der Waals surface area contributed by atoms with E-state index in [1.54, 1.807) is 0 Å². The van der Waals surface area contributed by atoms with Crippen molar-refractivity contribution in [2.75, 3.05) is 5.75 Å². The van der Waals surface area contributed by atoms with E-state index in [1.807, 2.05) is 36.0 Å². The van der Waals surface area contributed by atoms with Crippen molar-refractivity contribution in [2.24, 2.45) is 5.73 Å². The van der Waals surface area contributed by atoms with E-state index in [2.05, 4.69) is 24.3 Å². The molecule has 2 heterocycles. The minimum Gasteiger partial charge on any atom is -0.458 e. The molecule has 0 bridgehead atoms. The molecule has 2 aromatic carbocycles. The van der Waals surface area contributed by atoms with E-state index in [4.69, 9.17) is 21.8 Å². The van der Waals surface area contributed by atoms with Gasteiger partial charge in [0.15, 0.2) is 5.58 Å². The molecule has 0 fully saturated rings. The zero-order valence-electron chi connectivity index (χ0n) is 11.3. The summed E-state index contributed by atoms with van der Waals surface area (Å²) in [6.45, 7) is 0. The van der Waals surface area contributed by atoms with Crippen LogP contribution < -0.4 is 5.73 Å². The van der Waals surface area contributed by atoms with Crippen molar-refractivity contribution >= 4 is 34.3 Å². The first kappa shape index (κ1) is 13.3. The number of benzene rings is 2. The lowest BCUT2D eigenvalue weighted by molar-refractivity contribution is 0.461. The lowest BCUT2D eigenvalue weighted by atomic mass is 9.92. The highest BCUT2D eigenvalue weighted by Gasteiger charge is 2.30. The van der Waals surface area contributed by atoms with Crippen LogP contribution >= 0.6 is 23.4 Å². The van der Waals surface area contributed by atoms with Crippen LogP contribution in [0, 0.1) is 0 Å². The second kappa shape index (κ2) is 5.09. The predicted molar refractivity (Wildman–Crippen MR) is 88.1 cm³/mol. The van der Waals surface area contributed by atoms with E-state index in [1.165, 1.54) is 10.5 Å². The Balaban J connectivity index is 1.74. The number of rotatable bonds is 2. The van der Waals surface area contributed by atoms with Crippen molar-refractivity contribution in [1.82, 2.24) is 0 Å². The molecule has 1 aliphatic heterocycles. The number of thioether (sulfide) groups is 1. The topological polar surface area (TPSA) is 39.2 Å². The molecule has 2 N–H and O–H groups in total. The van der Waals surface area contributed by atoms with Gasteiger partial charge in [-0.05, 0) is 23.8 Å². The van der Waals surface area contributed by atoms with Crippen molar-refractivity contribution < 1.29 is 4.42 Å². The molecule has 0 spiro atoms. The first-order valence-corrected chi connectivity index (χ1v) is 8.25. The molecule has 2 unspecified atom stereocenters. The molecule has 0 aliphatic carbocycles. The van der Waals surface area contributed by atoms with Crippen LogP contribution in [0.2, 0.25) is 5.02 Å². The Bertz CT molecular complexity index is 813. The van der Waals surface area contributed by atoms with Crippen LogP contribution in [0.4, 0.5) is 0 Å². The first-order valence-electron chi connectivity index (χ1n) is 6.89. The number of furan rings is 1. The molecular weight excluding hydrogens is 302 g/mol. The lowest BCUT2D eigenvalue weighted by Crippen LogP contribution is -2.19. The summed E-state index contributed by atoms with van der Waals surface area (Å²) >= 11 is 8.04. The largest absolute Gasteiger partial charge is 0.458 e. The molecule has 3 aromatic rings. The van der Waals surface area contributed by atoms with E-state index in [0.29, 0.717) is 5.02 Å². The summed E-state index contributed by atoms with van der Waals surface area (Å²) in [6.07, 6.45) is 0. The van der Waals surface area contributed by atoms with E-state index in [-0.39, 0.29) is 12.0 Å². The van der Waals surface area contributed by atoms with Gasteiger partial charge in [-0.1, -0.05) is 41.9 Å². The second-order valence-electron chi connectivity index (χ2n) is 5.29. The maximum atomic E-state index is 6.48. The Morgan fingerprint density at radius 1 is 1.19 bits per heavy atom. The van der Waals surface area contributed by atoms with Gasteiger partial charge in [-0.2, -0.15) is 0 Å². The quantitative estimate of drug-likeness (QED) is 0.725. The van der Waals surface area contributed by atoms with Crippen LogP contribution in [-0.4, -0.2) is 5.75 Å². The summed E-state index contributed by atoms with van der Waals surface area (Å²) < 4.78 is 5.92. The summed E-state index contributed by atoms with van der Waals surface area (Å²) in [5.74, 6) is 2.08. The van der Waals surface area contributed by atoms with E-state index >= 15 is 0 Å². The first-order chi connectivity index (χ1) is 10.2. The van der Waals surface area contributed by atoms with E-state index in [9.17, 15) is 0 Å². The van der Waals surface area contributed by atoms with Crippen molar-refractivity contribution in [3.05, 3.63) is 64.9 Å². The molecule has 1 aliphatic rings. The molecule has 0 saturated carbocycles. The SMILES string of the molecule is NC(c1cc2cccc(Cl)c2o1)C1CSc2ccccc21. The van der Waals surface area contributed by atoms with Gasteiger partial charge in [0, 0.05) is 22.0 Å². The third-order valence-corrected chi connectivity index (χ3v) is 5.52. The van der Waals surface area contributed by atoms with E-state index < -0.39 is 0 Å². The van der Waals surface area contributed by atoms with Crippen LogP contribution in [0.25, 0.3) is 11.0 Å². The Hall–Kier alpha value is -1.42. The molecule has 2 atom stereocenters. The molecular formula is C17H14ClNOS. The molecule has 0 saturated heterocycles. The van der Waals surface area contributed by atoms with Crippen LogP contribution in [0.3, 0.4) is 0 Å². The third kappa shape index (κ3) is 2.16. The predicted octanol–water partition coefficient (Wildman–Crippen LogP) is 4.98. The van der Waals surface area contributed by atoms with Crippen LogP contribution in [0.1, 0.15) is 23.3 Å². The maximum absolute atomic E-state index is 6.48. The lowest BCUT2D eigenvalue weighted by Gasteiger charge is -2.17. The van der Waals surface area contributed by atoms with Gasteiger partial charge >= 0.3 is 0 Å². The van der Waals surface area contributed by atoms with Crippen molar-refractivity contribution in [3.8, 4) is 0 Å². The summed E-state index contributed by atoms with van der Waals surface area (Å²) in [7, 11) is 0. The second-order valence-corrected chi connectivity index (χ2v) is 6.76. The Morgan fingerprint density at radius 3 is 2.90 bits per heavy atom. The van der Waals surface area contributed by atoms with Crippen LogP contribution in [-0.2, 0) is 0 Å². The number of nitrogens with two attached hydrogens (primary N) is 1. The van der Waals surface area contributed by atoms with Gasteiger partial charge < -0.3 is 10.2 Å². The standard InChI is InChI=1S/C17H14ClNOS/c18-13-6-3-4-10-8-14(20-17(10)13)16(19)12-9-21-15-7-2-1-5-11(12)15/h1-8,12,16H,9,19H2. The van der Waals surface area contributed by atoms with Gasteiger partial charge in [0.25, 0.3) is 0 Å². The van der Waals surface area contributed by atoms with E-state index in [0.717, 1.165) is 22.5 Å². The van der Waals surface area contributed by atoms with Crippen molar-refractivity contribution in [3.63, 3.8) is 0 Å². The number of hydrogen-bond acceptors (Lipinski definition) is 3. The average Bonchev–Trinajstić information content (AvgIpc) is 3.11. The van der Waals surface area contributed by atoms with Crippen molar-refractivity contribution in [2.45, 2.75) is 16.9 Å². The highest BCUT2D eigenvalue weighted by atomic mass is 35.5. The monoisotopic (exact) mass is 315 g/mol. The fourth-order valence-corrected chi connectivity index (χ4v) is 4.42. The summed E-state index contributed by atoms with van der Waals surface area (Å²) in [5.41, 5.74) is 8.53. The normalized spacial score (nSPS) is 18.9.